The van der Waals surface area contributed by atoms with E-state index in [0.29, 0.717) is 23.4 Å². The van der Waals surface area contributed by atoms with Gasteiger partial charge in [-0.05, 0) is 23.8 Å². The molecule has 2 heterocycles. The fourth-order valence-electron chi connectivity index (χ4n) is 2.69. The van der Waals surface area contributed by atoms with E-state index in [9.17, 15) is 13.6 Å². The lowest BCUT2D eigenvalue weighted by Gasteiger charge is -2.29. The minimum Gasteiger partial charge on any atom is -0.472 e. The van der Waals surface area contributed by atoms with Gasteiger partial charge in [0.15, 0.2) is 6.73 Å². The van der Waals surface area contributed by atoms with Crippen molar-refractivity contribution in [1.82, 2.24) is 15.1 Å². The summed E-state index contributed by atoms with van der Waals surface area (Å²) in [5.74, 6) is -0.621. The Bertz CT molecular complexity index is 944. The van der Waals surface area contributed by atoms with Gasteiger partial charge < -0.3 is 14.1 Å². The molecule has 0 unspecified atom stereocenters. The molecular formula is C18H13F2N3O3. The normalized spacial score (nSPS) is 13.7. The van der Waals surface area contributed by atoms with Crippen LogP contribution in [0.3, 0.4) is 0 Å². The Labute approximate surface area is 147 Å². The highest BCUT2D eigenvalue weighted by Crippen LogP contribution is 2.31. The van der Waals surface area contributed by atoms with Crippen LogP contribution in [-0.4, -0.2) is 27.7 Å². The van der Waals surface area contributed by atoms with Gasteiger partial charge in [-0.3, -0.25) is 4.79 Å². The molecule has 0 aliphatic carbocycles. The first-order valence-corrected chi connectivity index (χ1v) is 7.84. The lowest BCUT2D eigenvalue weighted by Crippen LogP contribution is -2.38. The van der Waals surface area contributed by atoms with Crippen LogP contribution in [0.5, 0.6) is 5.75 Å². The average Bonchev–Trinajstić information content (AvgIpc) is 3.15. The summed E-state index contributed by atoms with van der Waals surface area (Å²) >= 11 is 0. The fourth-order valence-corrected chi connectivity index (χ4v) is 2.69. The molecule has 1 aromatic heterocycles. The second-order valence-corrected chi connectivity index (χ2v) is 5.72. The second-order valence-electron chi connectivity index (χ2n) is 5.72. The zero-order valence-electron chi connectivity index (χ0n) is 13.4. The maximum Gasteiger partial charge on any atom is 0.314 e. The van der Waals surface area contributed by atoms with Crippen molar-refractivity contribution in [2.75, 3.05) is 6.73 Å². The Hall–Kier alpha value is -3.29. The van der Waals surface area contributed by atoms with Gasteiger partial charge in [0.25, 0.3) is 11.8 Å². The summed E-state index contributed by atoms with van der Waals surface area (Å²) in [6.07, 6.45) is -2.85. The third-order valence-corrected chi connectivity index (χ3v) is 3.96. The van der Waals surface area contributed by atoms with E-state index < -0.39 is 12.3 Å². The number of nitrogens with zero attached hydrogens (tertiary/aromatic N) is 3. The Morgan fingerprint density at radius 3 is 2.65 bits per heavy atom. The number of alkyl halides is 2. The van der Waals surface area contributed by atoms with Gasteiger partial charge in [0.05, 0.1) is 5.56 Å². The molecule has 2 aromatic carbocycles. The van der Waals surface area contributed by atoms with Crippen LogP contribution in [-0.2, 0) is 6.54 Å². The molecule has 0 spiro atoms. The van der Waals surface area contributed by atoms with Gasteiger partial charge in [-0.25, -0.2) is 0 Å². The number of carbonyl (C=O) groups is 1. The highest BCUT2D eigenvalue weighted by Gasteiger charge is 2.27. The molecule has 1 amide bonds. The number of hydrogen-bond donors (Lipinski definition) is 0. The van der Waals surface area contributed by atoms with Crippen molar-refractivity contribution in [3.63, 3.8) is 0 Å². The van der Waals surface area contributed by atoms with Gasteiger partial charge in [-0.1, -0.05) is 30.3 Å². The molecule has 4 rings (SSSR count). The van der Waals surface area contributed by atoms with Crippen molar-refractivity contribution in [3.8, 4) is 17.2 Å². The Kier molecular flexibility index (Phi) is 4.08. The number of carbonyl (C=O) groups excluding carboxylic acids is 1. The maximum absolute atomic E-state index is 12.8. The Balaban J connectivity index is 1.61. The first-order chi connectivity index (χ1) is 12.6. The molecule has 3 aromatic rings. The van der Waals surface area contributed by atoms with E-state index in [1.165, 1.54) is 6.07 Å². The van der Waals surface area contributed by atoms with E-state index in [1.807, 2.05) is 30.3 Å². The topological polar surface area (TPSA) is 68.5 Å². The highest BCUT2D eigenvalue weighted by atomic mass is 19.3. The van der Waals surface area contributed by atoms with Crippen LogP contribution in [0.1, 0.15) is 28.2 Å². The van der Waals surface area contributed by atoms with Crippen molar-refractivity contribution in [3.05, 3.63) is 65.5 Å². The van der Waals surface area contributed by atoms with E-state index in [1.54, 1.807) is 17.0 Å². The summed E-state index contributed by atoms with van der Waals surface area (Å²) < 4.78 is 35.8. The molecule has 1 aliphatic rings. The predicted octanol–water partition coefficient (Wildman–Crippen LogP) is 3.67. The molecule has 0 saturated heterocycles. The molecule has 0 N–H and O–H groups in total. The zero-order valence-corrected chi connectivity index (χ0v) is 13.4. The van der Waals surface area contributed by atoms with Gasteiger partial charge in [-0.2, -0.15) is 8.78 Å². The molecule has 8 heteroatoms. The maximum atomic E-state index is 12.8. The minimum absolute atomic E-state index is 0.0731. The molecule has 0 saturated carbocycles. The summed E-state index contributed by atoms with van der Waals surface area (Å²) in [7, 11) is 0. The van der Waals surface area contributed by atoms with Crippen LogP contribution in [0.15, 0.2) is 52.9 Å². The quantitative estimate of drug-likeness (QED) is 0.713. The summed E-state index contributed by atoms with van der Waals surface area (Å²) in [5.41, 5.74) is 1.67. The van der Waals surface area contributed by atoms with E-state index in [4.69, 9.17) is 9.15 Å². The fraction of sp³-hybridized carbons (Fsp3) is 0.167. The summed E-state index contributed by atoms with van der Waals surface area (Å²) in [6.45, 7) is 0.537. The van der Waals surface area contributed by atoms with Crippen LogP contribution < -0.4 is 4.74 Å². The predicted molar refractivity (Wildman–Crippen MR) is 86.5 cm³/mol. The highest BCUT2D eigenvalue weighted by molar-refractivity contribution is 5.98. The number of aromatic nitrogens is 2. The lowest BCUT2D eigenvalue weighted by atomic mass is 10.1. The smallest absolute Gasteiger partial charge is 0.314 e. The number of ether oxygens (including phenoxy) is 1. The van der Waals surface area contributed by atoms with Crippen molar-refractivity contribution in [2.45, 2.75) is 13.0 Å². The first-order valence-electron chi connectivity index (χ1n) is 7.84. The van der Waals surface area contributed by atoms with Crippen molar-refractivity contribution < 1.29 is 22.7 Å². The van der Waals surface area contributed by atoms with Gasteiger partial charge in [0.2, 0.25) is 5.89 Å². The SMILES string of the molecule is O=C1c2cc(-c3nnc(C(F)F)o3)ccc2OCN1Cc1ccccc1. The van der Waals surface area contributed by atoms with Crippen LogP contribution in [0.2, 0.25) is 0 Å². The van der Waals surface area contributed by atoms with E-state index in [0.717, 1.165) is 5.56 Å². The van der Waals surface area contributed by atoms with Gasteiger partial charge in [0.1, 0.15) is 5.75 Å². The molecule has 0 fully saturated rings. The second kappa shape index (κ2) is 6.55. The number of amides is 1. The first kappa shape index (κ1) is 16.2. The summed E-state index contributed by atoms with van der Waals surface area (Å²) in [6, 6.07) is 14.2. The minimum atomic E-state index is -2.85. The largest absolute Gasteiger partial charge is 0.472 e. The molecule has 0 bridgehead atoms. The monoisotopic (exact) mass is 357 g/mol. The van der Waals surface area contributed by atoms with Crippen LogP contribution in [0.4, 0.5) is 8.78 Å². The molecule has 26 heavy (non-hydrogen) atoms. The van der Waals surface area contributed by atoms with Crippen LogP contribution in [0.25, 0.3) is 11.5 Å². The number of fused-ring (bicyclic) bond motifs is 1. The molecule has 0 radical (unpaired) electrons. The van der Waals surface area contributed by atoms with Crippen molar-refractivity contribution >= 4 is 5.91 Å². The molecule has 0 atom stereocenters. The zero-order chi connectivity index (χ0) is 18.1. The van der Waals surface area contributed by atoms with E-state index in [-0.39, 0.29) is 18.5 Å². The number of benzene rings is 2. The Morgan fingerprint density at radius 2 is 1.92 bits per heavy atom. The van der Waals surface area contributed by atoms with Crippen molar-refractivity contribution in [1.29, 1.82) is 0 Å². The molecule has 6 nitrogen and oxygen atoms in total. The van der Waals surface area contributed by atoms with E-state index in [2.05, 4.69) is 10.2 Å². The molecule has 1 aliphatic heterocycles. The van der Waals surface area contributed by atoms with Gasteiger partial charge in [0, 0.05) is 12.1 Å². The molecular weight excluding hydrogens is 344 g/mol. The lowest BCUT2D eigenvalue weighted by molar-refractivity contribution is 0.0499. The third-order valence-electron chi connectivity index (χ3n) is 3.96. The van der Waals surface area contributed by atoms with Gasteiger partial charge >= 0.3 is 6.43 Å². The van der Waals surface area contributed by atoms with Crippen LogP contribution in [0, 0.1) is 0 Å². The Morgan fingerprint density at radius 1 is 1.12 bits per heavy atom. The van der Waals surface area contributed by atoms with Gasteiger partial charge in [-0.15, -0.1) is 10.2 Å². The summed E-state index contributed by atoms with van der Waals surface area (Å²) in [5, 5.41) is 6.91. The standard InChI is InChI=1S/C18H13F2N3O3/c19-15(20)17-22-21-16(26-17)12-6-7-14-13(8-12)18(24)23(10-25-14)9-11-4-2-1-3-5-11/h1-8,15H,9-10H2. The number of halogens is 2. The van der Waals surface area contributed by atoms with Crippen molar-refractivity contribution in [2.24, 2.45) is 0 Å². The number of rotatable bonds is 4. The summed E-state index contributed by atoms with van der Waals surface area (Å²) in [4.78, 5) is 14.3. The van der Waals surface area contributed by atoms with Crippen LogP contribution >= 0.6 is 0 Å². The third kappa shape index (κ3) is 3.01. The average molecular weight is 357 g/mol. The molecule has 132 valence electrons. The number of hydrogen-bond acceptors (Lipinski definition) is 5. The van der Waals surface area contributed by atoms with E-state index >= 15 is 0 Å².